The van der Waals surface area contributed by atoms with Gasteiger partial charge in [0.2, 0.25) is 0 Å². The van der Waals surface area contributed by atoms with Gasteiger partial charge in [-0.1, -0.05) is 12.8 Å². The van der Waals surface area contributed by atoms with Gasteiger partial charge in [-0.25, -0.2) is 9.98 Å². The van der Waals surface area contributed by atoms with Crippen molar-refractivity contribution in [1.29, 1.82) is 0 Å². The molecule has 0 radical (unpaired) electrons. The van der Waals surface area contributed by atoms with Gasteiger partial charge in [-0.2, -0.15) is 0 Å². The predicted octanol–water partition coefficient (Wildman–Crippen LogP) is 1.49. The van der Waals surface area contributed by atoms with E-state index < -0.39 is 0 Å². The summed E-state index contributed by atoms with van der Waals surface area (Å²) in [5, 5.41) is 6.20. The summed E-state index contributed by atoms with van der Waals surface area (Å²) in [6.07, 6.45) is 6.83. The Labute approximate surface area is 93.6 Å². The summed E-state index contributed by atoms with van der Waals surface area (Å²) in [5.41, 5.74) is 5.79. The molecule has 0 spiro atoms. The number of hydrogen-bond acceptors (Lipinski definition) is 3. The Kier molecular flexibility index (Phi) is 3.55. The summed E-state index contributed by atoms with van der Waals surface area (Å²) in [7, 11) is 0. The molecule has 0 aromatic carbocycles. The monoisotopic (exact) mass is 224 g/mol. The van der Waals surface area contributed by atoms with Crippen molar-refractivity contribution in [2.75, 3.05) is 0 Å². The highest BCUT2D eigenvalue weighted by Gasteiger charge is 2.14. The third-order valence-electron chi connectivity index (χ3n) is 2.58. The quantitative estimate of drug-likeness (QED) is 0.604. The van der Waals surface area contributed by atoms with Gasteiger partial charge >= 0.3 is 0 Å². The number of thiazole rings is 1. The first-order valence-corrected chi connectivity index (χ1v) is 6.17. The van der Waals surface area contributed by atoms with Crippen LogP contribution in [0.2, 0.25) is 0 Å². The van der Waals surface area contributed by atoms with E-state index in [0.29, 0.717) is 18.5 Å². The fourth-order valence-corrected chi connectivity index (χ4v) is 2.35. The molecule has 15 heavy (non-hydrogen) atoms. The minimum absolute atomic E-state index is 0.532. The second-order valence-electron chi connectivity index (χ2n) is 3.75. The van der Waals surface area contributed by atoms with Crippen LogP contribution in [0.1, 0.15) is 30.7 Å². The molecule has 2 rings (SSSR count). The van der Waals surface area contributed by atoms with Gasteiger partial charge in [0.1, 0.15) is 5.01 Å². The predicted molar refractivity (Wildman–Crippen MR) is 62.8 cm³/mol. The largest absolute Gasteiger partial charge is 0.370 e. The van der Waals surface area contributed by atoms with Gasteiger partial charge in [-0.05, 0) is 12.8 Å². The first kappa shape index (κ1) is 10.4. The van der Waals surface area contributed by atoms with Crippen molar-refractivity contribution in [2.45, 2.75) is 38.3 Å². The van der Waals surface area contributed by atoms with E-state index in [2.05, 4.69) is 15.3 Å². The van der Waals surface area contributed by atoms with Crippen molar-refractivity contribution in [2.24, 2.45) is 10.7 Å². The average Bonchev–Trinajstić information content (AvgIpc) is 2.86. The van der Waals surface area contributed by atoms with Crippen molar-refractivity contribution in [3.05, 3.63) is 16.6 Å². The van der Waals surface area contributed by atoms with E-state index in [0.717, 1.165) is 5.01 Å². The molecule has 1 heterocycles. The fraction of sp³-hybridized carbons (Fsp3) is 0.600. The molecule has 82 valence electrons. The number of aliphatic imine (C=N–C) groups is 1. The van der Waals surface area contributed by atoms with Crippen LogP contribution in [0, 0.1) is 0 Å². The summed E-state index contributed by atoms with van der Waals surface area (Å²) in [5.74, 6) is 0.553. The van der Waals surface area contributed by atoms with E-state index in [4.69, 9.17) is 5.73 Å². The molecule has 1 aromatic heterocycles. The van der Waals surface area contributed by atoms with Crippen LogP contribution >= 0.6 is 11.3 Å². The highest BCUT2D eigenvalue weighted by molar-refractivity contribution is 7.09. The second-order valence-corrected chi connectivity index (χ2v) is 4.73. The van der Waals surface area contributed by atoms with Crippen LogP contribution in [0.5, 0.6) is 0 Å². The first-order valence-electron chi connectivity index (χ1n) is 5.29. The number of nitrogens with zero attached hydrogens (tertiary/aromatic N) is 2. The van der Waals surface area contributed by atoms with Crippen LogP contribution in [0.4, 0.5) is 0 Å². The maximum Gasteiger partial charge on any atom is 0.189 e. The molecule has 1 aliphatic rings. The van der Waals surface area contributed by atoms with Gasteiger partial charge < -0.3 is 11.1 Å². The zero-order chi connectivity index (χ0) is 10.5. The molecule has 1 saturated carbocycles. The van der Waals surface area contributed by atoms with Crippen molar-refractivity contribution in [3.8, 4) is 0 Å². The zero-order valence-electron chi connectivity index (χ0n) is 8.65. The zero-order valence-corrected chi connectivity index (χ0v) is 9.46. The lowest BCUT2D eigenvalue weighted by atomic mass is 10.2. The van der Waals surface area contributed by atoms with E-state index in [1.807, 2.05) is 5.38 Å². The van der Waals surface area contributed by atoms with E-state index in [9.17, 15) is 0 Å². The molecule has 0 unspecified atom stereocenters. The van der Waals surface area contributed by atoms with Crippen LogP contribution in [0.3, 0.4) is 0 Å². The smallest absolute Gasteiger partial charge is 0.189 e. The SMILES string of the molecule is NC(=NCc1nccs1)NC1CCCC1. The number of rotatable bonds is 3. The van der Waals surface area contributed by atoms with Gasteiger partial charge in [0.25, 0.3) is 0 Å². The van der Waals surface area contributed by atoms with Crippen molar-refractivity contribution in [3.63, 3.8) is 0 Å². The van der Waals surface area contributed by atoms with Crippen molar-refractivity contribution in [1.82, 2.24) is 10.3 Å². The van der Waals surface area contributed by atoms with Crippen LogP contribution in [-0.2, 0) is 6.54 Å². The molecule has 0 aliphatic heterocycles. The summed E-state index contributed by atoms with van der Waals surface area (Å²) in [6.45, 7) is 0.587. The molecular weight excluding hydrogens is 208 g/mol. The van der Waals surface area contributed by atoms with Gasteiger partial charge in [0.15, 0.2) is 5.96 Å². The minimum Gasteiger partial charge on any atom is -0.370 e. The summed E-state index contributed by atoms with van der Waals surface area (Å²) in [6, 6.07) is 0.532. The third-order valence-corrected chi connectivity index (χ3v) is 3.34. The number of nitrogens with one attached hydrogen (secondary N) is 1. The molecule has 0 saturated heterocycles. The highest BCUT2D eigenvalue weighted by Crippen LogP contribution is 2.17. The molecule has 0 atom stereocenters. The lowest BCUT2D eigenvalue weighted by Crippen LogP contribution is -2.38. The molecule has 1 fully saturated rings. The number of guanidine groups is 1. The molecule has 3 N–H and O–H groups in total. The number of hydrogen-bond donors (Lipinski definition) is 2. The summed E-state index contributed by atoms with van der Waals surface area (Å²) < 4.78 is 0. The van der Waals surface area contributed by atoms with Crippen molar-refractivity contribution < 1.29 is 0 Å². The molecule has 0 bridgehead atoms. The fourth-order valence-electron chi connectivity index (χ4n) is 1.81. The Morgan fingerprint density at radius 2 is 2.40 bits per heavy atom. The van der Waals surface area contributed by atoms with Crippen LogP contribution in [0.15, 0.2) is 16.6 Å². The third kappa shape index (κ3) is 3.20. The van der Waals surface area contributed by atoms with E-state index in [-0.39, 0.29) is 0 Å². The topological polar surface area (TPSA) is 63.3 Å². The normalized spacial score (nSPS) is 18.3. The van der Waals surface area contributed by atoms with Gasteiger partial charge in [-0.3, -0.25) is 0 Å². The van der Waals surface area contributed by atoms with E-state index in [1.165, 1.54) is 25.7 Å². The molecule has 1 aliphatic carbocycles. The van der Waals surface area contributed by atoms with E-state index in [1.54, 1.807) is 17.5 Å². The molecule has 1 aromatic rings. The maximum atomic E-state index is 5.79. The van der Waals surface area contributed by atoms with Crippen LogP contribution in [0.25, 0.3) is 0 Å². The highest BCUT2D eigenvalue weighted by atomic mass is 32.1. The first-order chi connectivity index (χ1) is 7.34. The molecular formula is C10H16N4S. The lowest BCUT2D eigenvalue weighted by Gasteiger charge is -2.11. The Morgan fingerprint density at radius 1 is 1.60 bits per heavy atom. The molecule has 4 nitrogen and oxygen atoms in total. The number of nitrogens with two attached hydrogens (primary N) is 1. The Bertz CT molecular complexity index is 314. The lowest BCUT2D eigenvalue weighted by molar-refractivity contribution is 0.625. The second kappa shape index (κ2) is 5.11. The Hall–Kier alpha value is -1.10. The van der Waals surface area contributed by atoms with Crippen molar-refractivity contribution >= 4 is 17.3 Å². The van der Waals surface area contributed by atoms with Crippen LogP contribution < -0.4 is 11.1 Å². The Balaban J connectivity index is 1.79. The molecule has 0 amide bonds. The standard InChI is InChI=1S/C10H16N4S/c11-10(14-8-3-1-2-4-8)13-7-9-12-5-6-15-9/h5-6,8H,1-4,7H2,(H3,11,13,14). The van der Waals surface area contributed by atoms with Gasteiger partial charge in [0, 0.05) is 17.6 Å². The number of aromatic nitrogens is 1. The van der Waals surface area contributed by atoms with E-state index >= 15 is 0 Å². The maximum absolute atomic E-state index is 5.79. The average molecular weight is 224 g/mol. The minimum atomic E-state index is 0.532. The summed E-state index contributed by atoms with van der Waals surface area (Å²) >= 11 is 1.61. The Morgan fingerprint density at radius 3 is 3.07 bits per heavy atom. The van der Waals surface area contributed by atoms with Gasteiger partial charge in [-0.15, -0.1) is 11.3 Å². The van der Waals surface area contributed by atoms with Gasteiger partial charge in [0.05, 0.1) is 6.54 Å². The van der Waals surface area contributed by atoms with Crippen LogP contribution in [-0.4, -0.2) is 17.0 Å². The summed E-state index contributed by atoms with van der Waals surface area (Å²) in [4.78, 5) is 8.41. The molecule has 5 heteroatoms.